The summed E-state index contributed by atoms with van der Waals surface area (Å²) in [4.78, 5) is 22.9. The van der Waals surface area contributed by atoms with Gasteiger partial charge in [-0.05, 0) is 42.5 Å². The molecule has 2 saturated heterocycles. The van der Waals surface area contributed by atoms with E-state index in [-0.39, 0.29) is 0 Å². The highest BCUT2D eigenvalue weighted by atomic mass is 19.4. The van der Waals surface area contributed by atoms with Crippen molar-refractivity contribution in [2.45, 2.75) is 43.7 Å². The van der Waals surface area contributed by atoms with Gasteiger partial charge < -0.3 is 20.8 Å². The average Bonchev–Trinajstić information content (AvgIpc) is 3.30. The van der Waals surface area contributed by atoms with Crippen molar-refractivity contribution in [3.05, 3.63) is 54.6 Å². The predicted molar refractivity (Wildman–Crippen MR) is 129 cm³/mol. The fraction of sp³-hybridized carbons (Fsp3) is 0.440. The molecule has 2 aromatic rings. The maximum Gasteiger partial charge on any atom is 0.490 e. The van der Waals surface area contributed by atoms with E-state index in [0.717, 1.165) is 25.7 Å². The largest absolute Gasteiger partial charge is 0.490 e. The number of alkyl halides is 6. The number of anilines is 1. The molecule has 210 valence electrons. The van der Waals surface area contributed by atoms with E-state index in [1.165, 1.54) is 42.6 Å². The molecule has 2 aliphatic rings. The molecule has 0 aromatic heterocycles. The number of nitrogens with two attached hydrogens (primary N) is 1. The van der Waals surface area contributed by atoms with Crippen LogP contribution in [0.2, 0.25) is 0 Å². The molecule has 2 fully saturated rings. The SMILES string of the molecule is N[C@@H]1CCN(C2CCN(c3cccc(-c4ccccc4)c3)CC2)C1.O=C(O)C(F)(F)F.O=C(O)C(F)(F)F. The molecule has 0 bridgehead atoms. The lowest BCUT2D eigenvalue weighted by molar-refractivity contribution is -0.193. The summed E-state index contributed by atoms with van der Waals surface area (Å²) in [6, 6.07) is 20.7. The van der Waals surface area contributed by atoms with Crippen LogP contribution in [0.1, 0.15) is 19.3 Å². The van der Waals surface area contributed by atoms with Gasteiger partial charge in [-0.3, -0.25) is 4.90 Å². The third-order valence-electron chi connectivity index (χ3n) is 6.04. The van der Waals surface area contributed by atoms with E-state index in [2.05, 4.69) is 64.4 Å². The topological polar surface area (TPSA) is 107 Å². The van der Waals surface area contributed by atoms with Crippen LogP contribution in [0.3, 0.4) is 0 Å². The number of carbonyl (C=O) groups is 2. The Bertz CT molecular complexity index is 1020. The smallest absolute Gasteiger partial charge is 0.475 e. The summed E-state index contributed by atoms with van der Waals surface area (Å²) >= 11 is 0. The molecule has 2 heterocycles. The Balaban J connectivity index is 0.000000301. The first-order chi connectivity index (χ1) is 17.7. The van der Waals surface area contributed by atoms with Crippen LogP contribution in [0, 0.1) is 0 Å². The van der Waals surface area contributed by atoms with Crippen LogP contribution in [0.5, 0.6) is 0 Å². The molecule has 0 radical (unpaired) electrons. The molecule has 0 amide bonds. The maximum atomic E-state index is 10.6. The molecule has 0 saturated carbocycles. The number of benzene rings is 2. The molecule has 4 N–H and O–H groups in total. The second kappa shape index (κ2) is 13.5. The number of aliphatic carboxylic acids is 2. The Morgan fingerprint density at radius 1 is 0.763 bits per heavy atom. The number of carboxylic acids is 2. The number of hydrogen-bond acceptors (Lipinski definition) is 5. The molecule has 4 rings (SSSR count). The fourth-order valence-electron chi connectivity index (χ4n) is 4.15. The Morgan fingerprint density at radius 2 is 1.26 bits per heavy atom. The molecule has 38 heavy (non-hydrogen) atoms. The zero-order valence-electron chi connectivity index (χ0n) is 20.3. The number of piperidine rings is 1. The highest BCUT2D eigenvalue weighted by Gasteiger charge is 2.39. The number of carboxylic acid groups (broad SMARTS) is 2. The van der Waals surface area contributed by atoms with Crippen molar-refractivity contribution >= 4 is 17.6 Å². The van der Waals surface area contributed by atoms with E-state index in [4.69, 9.17) is 25.5 Å². The Hall–Kier alpha value is -3.32. The summed E-state index contributed by atoms with van der Waals surface area (Å²) in [6.07, 6.45) is -6.50. The molecule has 2 aliphatic heterocycles. The quantitative estimate of drug-likeness (QED) is 0.480. The van der Waals surface area contributed by atoms with E-state index in [9.17, 15) is 26.3 Å². The number of likely N-dealkylation sites (tertiary alicyclic amines) is 1. The zero-order chi connectivity index (χ0) is 28.5. The van der Waals surface area contributed by atoms with Gasteiger partial charge in [0.15, 0.2) is 0 Å². The number of halogens is 6. The second-order valence-electron chi connectivity index (χ2n) is 8.78. The summed E-state index contributed by atoms with van der Waals surface area (Å²) in [6.45, 7) is 4.58. The van der Waals surface area contributed by atoms with Crippen LogP contribution >= 0.6 is 0 Å². The summed E-state index contributed by atoms with van der Waals surface area (Å²) in [5, 5.41) is 14.2. The molecule has 13 heteroatoms. The van der Waals surface area contributed by atoms with Crippen LogP contribution in [0.4, 0.5) is 32.0 Å². The minimum Gasteiger partial charge on any atom is -0.475 e. The van der Waals surface area contributed by atoms with Gasteiger partial charge in [0, 0.05) is 44.0 Å². The first kappa shape index (κ1) is 30.9. The van der Waals surface area contributed by atoms with Crippen molar-refractivity contribution in [3.8, 4) is 11.1 Å². The van der Waals surface area contributed by atoms with Gasteiger partial charge in [0.05, 0.1) is 0 Å². The molecular formula is C25H29F6N3O4. The van der Waals surface area contributed by atoms with Gasteiger partial charge in [-0.2, -0.15) is 26.3 Å². The van der Waals surface area contributed by atoms with Gasteiger partial charge in [-0.15, -0.1) is 0 Å². The number of nitrogens with zero attached hydrogens (tertiary/aromatic N) is 2. The third kappa shape index (κ3) is 9.86. The lowest BCUT2D eigenvalue weighted by Gasteiger charge is -2.38. The Morgan fingerprint density at radius 3 is 1.71 bits per heavy atom. The van der Waals surface area contributed by atoms with E-state index >= 15 is 0 Å². The van der Waals surface area contributed by atoms with Gasteiger partial charge >= 0.3 is 24.3 Å². The van der Waals surface area contributed by atoms with E-state index in [1.54, 1.807) is 0 Å². The minimum atomic E-state index is -5.08. The van der Waals surface area contributed by atoms with E-state index < -0.39 is 24.3 Å². The molecule has 0 aliphatic carbocycles. The van der Waals surface area contributed by atoms with Crippen LogP contribution in [-0.4, -0.2) is 77.7 Å². The summed E-state index contributed by atoms with van der Waals surface area (Å²) < 4.78 is 63.5. The van der Waals surface area contributed by atoms with Gasteiger partial charge in [0.25, 0.3) is 0 Å². The van der Waals surface area contributed by atoms with Crippen LogP contribution in [0.15, 0.2) is 54.6 Å². The van der Waals surface area contributed by atoms with Crippen LogP contribution in [-0.2, 0) is 9.59 Å². The molecule has 2 aromatic carbocycles. The molecule has 7 nitrogen and oxygen atoms in total. The highest BCUT2D eigenvalue weighted by molar-refractivity contribution is 5.73. The number of hydrogen-bond donors (Lipinski definition) is 3. The maximum absolute atomic E-state index is 10.6. The van der Waals surface area contributed by atoms with Crippen molar-refractivity contribution in [1.29, 1.82) is 0 Å². The first-order valence-corrected chi connectivity index (χ1v) is 11.7. The van der Waals surface area contributed by atoms with Crippen molar-refractivity contribution in [3.63, 3.8) is 0 Å². The molecule has 1 atom stereocenters. The summed E-state index contributed by atoms with van der Waals surface area (Å²) in [5.41, 5.74) is 10.0. The average molecular weight is 550 g/mol. The Labute approximate surface area is 215 Å². The molecule has 0 unspecified atom stereocenters. The highest BCUT2D eigenvalue weighted by Crippen LogP contribution is 2.28. The lowest BCUT2D eigenvalue weighted by atomic mass is 10.0. The van der Waals surface area contributed by atoms with Crippen molar-refractivity contribution in [1.82, 2.24) is 4.90 Å². The van der Waals surface area contributed by atoms with Gasteiger partial charge in [0.2, 0.25) is 0 Å². The van der Waals surface area contributed by atoms with Crippen molar-refractivity contribution < 1.29 is 46.1 Å². The monoisotopic (exact) mass is 549 g/mol. The van der Waals surface area contributed by atoms with Crippen LogP contribution in [0.25, 0.3) is 11.1 Å². The fourth-order valence-corrected chi connectivity index (χ4v) is 4.15. The molecular weight excluding hydrogens is 520 g/mol. The van der Waals surface area contributed by atoms with E-state index in [1.807, 2.05) is 0 Å². The Kier molecular flexibility index (Phi) is 11.0. The predicted octanol–water partition coefficient (Wildman–Crippen LogP) is 4.62. The van der Waals surface area contributed by atoms with E-state index in [0.29, 0.717) is 6.04 Å². The minimum absolute atomic E-state index is 0.394. The van der Waals surface area contributed by atoms with Gasteiger partial charge in [-0.1, -0.05) is 42.5 Å². The van der Waals surface area contributed by atoms with Gasteiger partial charge in [-0.25, -0.2) is 9.59 Å². The zero-order valence-corrected chi connectivity index (χ0v) is 20.3. The van der Waals surface area contributed by atoms with Gasteiger partial charge in [0.1, 0.15) is 0 Å². The van der Waals surface area contributed by atoms with Crippen molar-refractivity contribution in [2.75, 3.05) is 31.1 Å². The lowest BCUT2D eigenvalue weighted by Crippen LogP contribution is -2.44. The summed E-state index contributed by atoms with van der Waals surface area (Å²) in [5.74, 6) is -5.51. The van der Waals surface area contributed by atoms with Crippen molar-refractivity contribution in [2.24, 2.45) is 5.73 Å². The first-order valence-electron chi connectivity index (χ1n) is 11.7. The van der Waals surface area contributed by atoms with Crippen LogP contribution < -0.4 is 10.6 Å². The normalized spacial score (nSPS) is 18.6. The third-order valence-corrected chi connectivity index (χ3v) is 6.04. The molecule has 0 spiro atoms. The standard InChI is InChI=1S/C21H27N3.2C2HF3O2/c22-19-9-12-24(16-19)20-10-13-23(14-11-20)21-8-4-7-18(15-21)17-5-2-1-3-6-17;2*3-2(4,5)1(6)7/h1-8,15,19-20H,9-14,16,22H2;2*(H,6,7)/t19-;;/m1../s1. The summed E-state index contributed by atoms with van der Waals surface area (Å²) in [7, 11) is 0. The second-order valence-corrected chi connectivity index (χ2v) is 8.78. The number of rotatable bonds is 3.